The van der Waals surface area contributed by atoms with Gasteiger partial charge in [0.2, 0.25) is 0 Å². The van der Waals surface area contributed by atoms with E-state index in [0.29, 0.717) is 5.69 Å². The monoisotopic (exact) mass is 199 g/mol. The van der Waals surface area contributed by atoms with Crippen LogP contribution in [0.4, 0.5) is 0 Å². The molecule has 0 aliphatic heterocycles. The fourth-order valence-electron chi connectivity index (χ4n) is 1.05. The first-order valence-corrected chi connectivity index (χ1v) is 4.33. The summed E-state index contributed by atoms with van der Waals surface area (Å²) in [5.74, 6) is -0.824. The van der Waals surface area contributed by atoms with Gasteiger partial charge in [-0.2, -0.15) is 0 Å². The number of carbonyl (C=O) groups excluding carboxylic acids is 1. The van der Waals surface area contributed by atoms with E-state index in [9.17, 15) is 15.0 Å². The number of carbonyl (C=O) groups is 1. The predicted molar refractivity (Wildman–Crippen MR) is 48.4 cm³/mol. The first kappa shape index (κ1) is 10.7. The zero-order valence-electron chi connectivity index (χ0n) is 7.80. The minimum atomic E-state index is -1.55. The summed E-state index contributed by atoms with van der Waals surface area (Å²) in [6.45, 7) is 1.80. The van der Waals surface area contributed by atoms with Crippen molar-refractivity contribution >= 4 is 5.97 Å². The van der Waals surface area contributed by atoms with E-state index in [-0.39, 0.29) is 6.61 Å². The molecule has 5 nitrogen and oxygen atoms in total. The molecule has 0 radical (unpaired) electrons. The van der Waals surface area contributed by atoms with E-state index in [2.05, 4.69) is 9.72 Å². The lowest BCUT2D eigenvalue weighted by molar-refractivity contribution is -0.159. The van der Waals surface area contributed by atoms with Gasteiger partial charge < -0.3 is 19.9 Å². The van der Waals surface area contributed by atoms with Crippen LogP contribution >= 0.6 is 0 Å². The van der Waals surface area contributed by atoms with E-state index in [4.69, 9.17) is 0 Å². The average molecular weight is 199 g/mol. The summed E-state index contributed by atoms with van der Waals surface area (Å²) < 4.78 is 4.56. The number of hydrogen-bond donors (Lipinski definition) is 3. The molecule has 0 aliphatic carbocycles. The van der Waals surface area contributed by atoms with Gasteiger partial charge in [0.15, 0.2) is 6.10 Å². The van der Waals surface area contributed by atoms with Gasteiger partial charge in [-0.25, -0.2) is 4.79 Å². The van der Waals surface area contributed by atoms with Crippen LogP contribution in [0.5, 0.6) is 0 Å². The molecule has 1 aromatic rings. The number of aromatic nitrogens is 1. The highest BCUT2D eigenvalue weighted by Gasteiger charge is 2.27. The zero-order chi connectivity index (χ0) is 10.6. The predicted octanol–water partition coefficient (Wildman–Crippen LogP) is -0.0279. The van der Waals surface area contributed by atoms with Gasteiger partial charge in [-0.05, 0) is 19.1 Å². The van der Waals surface area contributed by atoms with E-state index < -0.39 is 18.2 Å². The molecule has 0 aromatic carbocycles. The van der Waals surface area contributed by atoms with Crippen molar-refractivity contribution in [3.8, 4) is 0 Å². The van der Waals surface area contributed by atoms with Gasteiger partial charge in [-0.15, -0.1) is 0 Å². The second-order valence-electron chi connectivity index (χ2n) is 2.77. The van der Waals surface area contributed by atoms with Crippen molar-refractivity contribution in [1.82, 2.24) is 4.98 Å². The van der Waals surface area contributed by atoms with Gasteiger partial charge in [0, 0.05) is 11.9 Å². The summed E-state index contributed by atoms with van der Waals surface area (Å²) >= 11 is 0. The van der Waals surface area contributed by atoms with E-state index in [1.165, 1.54) is 0 Å². The summed E-state index contributed by atoms with van der Waals surface area (Å²) in [5, 5.41) is 18.8. The molecule has 0 saturated heterocycles. The van der Waals surface area contributed by atoms with Crippen LogP contribution in [0.25, 0.3) is 0 Å². The lowest BCUT2D eigenvalue weighted by Crippen LogP contribution is -2.30. The minimum absolute atomic E-state index is 0.174. The molecular formula is C9H13NO4. The Bertz CT molecular complexity index is 283. The van der Waals surface area contributed by atoms with E-state index in [1.54, 1.807) is 25.3 Å². The van der Waals surface area contributed by atoms with Crippen LogP contribution in [0.1, 0.15) is 18.7 Å². The largest absolute Gasteiger partial charge is 0.464 e. The Morgan fingerprint density at radius 1 is 1.64 bits per heavy atom. The molecule has 3 N–H and O–H groups in total. The maximum absolute atomic E-state index is 11.0. The molecule has 0 spiro atoms. The second-order valence-corrected chi connectivity index (χ2v) is 2.77. The van der Waals surface area contributed by atoms with Gasteiger partial charge >= 0.3 is 5.97 Å². The first-order chi connectivity index (χ1) is 6.66. The van der Waals surface area contributed by atoms with Crippen LogP contribution in [0.2, 0.25) is 0 Å². The van der Waals surface area contributed by atoms with Crippen molar-refractivity contribution in [2.24, 2.45) is 0 Å². The number of aliphatic hydroxyl groups is 2. The molecule has 2 atom stereocenters. The molecule has 5 heteroatoms. The van der Waals surface area contributed by atoms with E-state index >= 15 is 0 Å². The van der Waals surface area contributed by atoms with Crippen LogP contribution < -0.4 is 0 Å². The Balaban J connectivity index is 2.61. The topological polar surface area (TPSA) is 82.6 Å². The summed E-state index contributed by atoms with van der Waals surface area (Å²) in [5.41, 5.74) is 0.380. The maximum Gasteiger partial charge on any atom is 0.338 e. The van der Waals surface area contributed by atoms with Crippen LogP contribution in [-0.2, 0) is 9.53 Å². The van der Waals surface area contributed by atoms with Crippen LogP contribution in [-0.4, -0.2) is 33.9 Å². The highest BCUT2D eigenvalue weighted by molar-refractivity contribution is 5.75. The summed E-state index contributed by atoms with van der Waals surface area (Å²) in [6.07, 6.45) is -1.23. The third-order valence-corrected chi connectivity index (χ3v) is 1.77. The number of H-pyrrole nitrogens is 1. The Labute approximate surface area is 81.3 Å². The molecule has 78 valence electrons. The Hall–Kier alpha value is -1.33. The van der Waals surface area contributed by atoms with Gasteiger partial charge in [0.25, 0.3) is 0 Å². The molecule has 1 rings (SSSR count). The van der Waals surface area contributed by atoms with Gasteiger partial charge in [-0.1, -0.05) is 0 Å². The highest BCUT2D eigenvalue weighted by atomic mass is 16.5. The van der Waals surface area contributed by atoms with Crippen molar-refractivity contribution in [3.05, 3.63) is 24.0 Å². The Morgan fingerprint density at radius 2 is 2.36 bits per heavy atom. The number of hydrogen-bond acceptors (Lipinski definition) is 4. The van der Waals surface area contributed by atoms with Crippen molar-refractivity contribution < 1.29 is 19.7 Å². The number of esters is 1. The molecule has 0 fully saturated rings. The van der Waals surface area contributed by atoms with Gasteiger partial charge in [0.05, 0.1) is 6.61 Å². The van der Waals surface area contributed by atoms with Gasteiger partial charge in [0.1, 0.15) is 6.10 Å². The number of ether oxygens (including phenoxy) is 1. The third kappa shape index (κ3) is 2.34. The van der Waals surface area contributed by atoms with Crippen molar-refractivity contribution in [2.75, 3.05) is 6.61 Å². The lowest BCUT2D eigenvalue weighted by atomic mass is 10.1. The van der Waals surface area contributed by atoms with Gasteiger partial charge in [-0.3, -0.25) is 0 Å². The first-order valence-electron chi connectivity index (χ1n) is 4.33. The standard InChI is InChI=1S/C9H13NO4/c1-2-14-9(13)8(12)7(11)6-4-3-5-10-6/h3-5,7-8,10-12H,2H2,1H3/t7-,8+/m0/s1. The lowest BCUT2D eigenvalue weighted by Gasteiger charge is -2.14. The van der Waals surface area contributed by atoms with E-state index in [0.717, 1.165) is 0 Å². The van der Waals surface area contributed by atoms with Crippen molar-refractivity contribution in [1.29, 1.82) is 0 Å². The SMILES string of the molecule is CCOC(=O)[C@H](O)[C@@H](O)c1ccc[nH]1. The Kier molecular flexibility index (Phi) is 3.67. The number of nitrogens with one attached hydrogen (secondary N) is 1. The minimum Gasteiger partial charge on any atom is -0.464 e. The molecular weight excluding hydrogens is 186 g/mol. The summed E-state index contributed by atoms with van der Waals surface area (Å²) in [4.78, 5) is 13.7. The molecule has 14 heavy (non-hydrogen) atoms. The number of aliphatic hydroxyl groups excluding tert-OH is 2. The summed E-state index contributed by atoms with van der Waals surface area (Å²) in [6, 6.07) is 3.24. The number of rotatable bonds is 4. The molecule has 0 aliphatic rings. The Morgan fingerprint density at radius 3 is 2.86 bits per heavy atom. The maximum atomic E-state index is 11.0. The van der Waals surface area contributed by atoms with Crippen LogP contribution in [0, 0.1) is 0 Å². The van der Waals surface area contributed by atoms with Crippen LogP contribution in [0.15, 0.2) is 18.3 Å². The van der Waals surface area contributed by atoms with Crippen molar-refractivity contribution in [3.63, 3.8) is 0 Å². The quantitative estimate of drug-likeness (QED) is 0.595. The highest BCUT2D eigenvalue weighted by Crippen LogP contribution is 2.15. The van der Waals surface area contributed by atoms with Crippen LogP contribution in [0.3, 0.4) is 0 Å². The fourth-order valence-corrected chi connectivity index (χ4v) is 1.05. The smallest absolute Gasteiger partial charge is 0.338 e. The second kappa shape index (κ2) is 4.78. The molecule has 1 heterocycles. The summed E-state index contributed by atoms with van der Waals surface area (Å²) in [7, 11) is 0. The molecule has 1 aromatic heterocycles. The molecule has 0 saturated carbocycles. The normalized spacial score (nSPS) is 14.8. The average Bonchev–Trinajstić information content (AvgIpc) is 2.68. The molecule has 0 bridgehead atoms. The van der Waals surface area contributed by atoms with E-state index in [1.807, 2.05) is 0 Å². The molecule has 0 unspecified atom stereocenters. The third-order valence-electron chi connectivity index (χ3n) is 1.77. The van der Waals surface area contributed by atoms with Crippen molar-refractivity contribution in [2.45, 2.75) is 19.1 Å². The fraction of sp³-hybridized carbons (Fsp3) is 0.444. The molecule has 0 amide bonds. The zero-order valence-corrected chi connectivity index (χ0v) is 7.80. The number of aromatic amines is 1.